The van der Waals surface area contributed by atoms with E-state index in [-0.39, 0.29) is 11.1 Å². The Hall–Kier alpha value is -2.26. The van der Waals surface area contributed by atoms with E-state index in [2.05, 4.69) is 0 Å². The van der Waals surface area contributed by atoms with E-state index in [0.717, 1.165) is 17.7 Å². The van der Waals surface area contributed by atoms with Gasteiger partial charge in [0.25, 0.3) is 0 Å². The Morgan fingerprint density at radius 1 is 0.591 bits per heavy atom. The fourth-order valence-electron chi connectivity index (χ4n) is 2.27. The maximum absolute atomic E-state index is 14.3. The van der Waals surface area contributed by atoms with Gasteiger partial charge in [-0.3, -0.25) is 0 Å². The lowest BCUT2D eigenvalue weighted by Gasteiger charge is -2.08. The minimum Gasteiger partial charge on any atom is -0.206 e. The van der Waals surface area contributed by atoms with Gasteiger partial charge in [-0.15, -0.1) is 0 Å². The van der Waals surface area contributed by atoms with E-state index in [1.807, 2.05) is 30.3 Å². The lowest BCUT2D eigenvalue weighted by molar-refractivity contribution is 0.584. The van der Waals surface area contributed by atoms with E-state index in [4.69, 9.17) is 11.6 Å². The van der Waals surface area contributed by atoms with Gasteiger partial charge in [-0.2, -0.15) is 0 Å². The molecule has 0 N–H and O–H groups in total. The maximum atomic E-state index is 14.3. The molecule has 3 aromatic carbocycles. The van der Waals surface area contributed by atoms with Crippen LogP contribution >= 0.6 is 11.6 Å². The molecule has 0 nitrogen and oxygen atoms in total. The van der Waals surface area contributed by atoms with Gasteiger partial charge in [0.05, 0.1) is 0 Å². The number of halogens is 4. The number of benzene rings is 3. The van der Waals surface area contributed by atoms with Crippen LogP contribution in [0, 0.1) is 17.5 Å². The topological polar surface area (TPSA) is 0 Å². The number of rotatable bonds is 2. The summed E-state index contributed by atoms with van der Waals surface area (Å²) in [5.41, 5.74) is 1.78. The molecule has 0 aliphatic rings. The van der Waals surface area contributed by atoms with Crippen LogP contribution in [0.1, 0.15) is 0 Å². The molecule has 0 atom stereocenters. The van der Waals surface area contributed by atoms with Gasteiger partial charge in [0.1, 0.15) is 22.5 Å². The van der Waals surface area contributed by atoms with Gasteiger partial charge in [0.2, 0.25) is 0 Å². The van der Waals surface area contributed by atoms with Crippen LogP contribution in [-0.4, -0.2) is 0 Å². The van der Waals surface area contributed by atoms with Crippen molar-refractivity contribution in [2.75, 3.05) is 0 Å². The summed E-state index contributed by atoms with van der Waals surface area (Å²) in [7, 11) is 0. The monoisotopic (exact) mass is 318 g/mol. The molecule has 0 heterocycles. The van der Waals surface area contributed by atoms with E-state index in [1.165, 1.54) is 12.1 Å². The summed E-state index contributed by atoms with van der Waals surface area (Å²) in [5, 5.41) is -0.593. The van der Waals surface area contributed by atoms with Crippen LogP contribution in [0.2, 0.25) is 5.02 Å². The summed E-state index contributed by atoms with van der Waals surface area (Å²) in [6.45, 7) is 0. The normalized spacial score (nSPS) is 10.7. The van der Waals surface area contributed by atoms with Crippen molar-refractivity contribution in [1.29, 1.82) is 0 Å². The van der Waals surface area contributed by atoms with Gasteiger partial charge in [-0.25, -0.2) is 13.2 Å². The van der Waals surface area contributed by atoms with Crippen LogP contribution in [-0.2, 0) is 0 Å². The van der Waals surface area contributed by atoms with Crippen molar-refractivity contribution in [1.82, 2.24) is 0 Å². The second-order valence-electron chi connectivity index (χ2n) is 4.81. The second-order valence-corrected chi connectivity index (χ2v) is 5.19. The minimum atomic E-state index is -0.914. The van der Waals surface area contributed by atoms with Crippen LogP contribution in [0.3, 0.4) is 0 Å². The van der Waals surface area contributed by atoms with Crippen LogP contribution in [0.15, 0.2) is 60.7 Å². The van der Waals surface area contributed by atoms with E-state index in [1.54, 1.807) is 6.07 Å². The van der Waals surface area contributed by atoms with Gasteiger partial charge in [-0.05, 0) is 34.9 Å². The predicted octanol–water partition coefficient (Wildman–Crippen LogP) is 6.09. The molecule has 3 aromatic rings. The molecule has 0 saturated carbocycles. The third-order valence-corrected chi connectivity index (χ3v) is 3.73. The fourth-order valence-corrected chi connectivity index (χ4v) is 2.38. The molecule has 22 heavy (non-hydrogen) atoms. The third kappa shape index (κ3) is 2.72. The van der Waals surface area contributed by atoms with Crippen molar-refractivity contribution in [2.45, 2.75) is 0 Å². The molecule has 0 aliphatic heterocycles. The number of hydrogen-bond acceptors (Lipinski definition) is 0. The van der Waals surface area contributed by atoms with Crippen molar-refractivity contribution < 1.29 is 13.2 Å². The van der Waals surface area contributed by atoms with Gasteiger partial charge >= 0.3 is 0 Å². The van der Waals surface area contributed by atoms with Crippen molar-refractivity contribution in [3.05, 3.63) is 83.1 Å². The van der Waals surface area contributed by atoms with E-state index >= 15 is 0 Å². The smallest absolute Gasteiger partial charge is 0.145 e. The molecule has 4 heteroatoms. The summed E-state index contributed by atoms with van der Waals surface area (Å²) >= 11 is 5.44. The Morgan fingerprint density at radius 3 is 1.77 bits per heavy atom. The number of hydrogen-bond donors (Lipinski definition) is 0. The van der Waals surface area contributed by atoms with Crippen molar-refractivity contribution in [3.63, 3.8) is 0 Å². The SMILES string of the molecule is Fc1cc(-c2ccccc2)ccc1-c1cc(F)c(Cl)c(F)c1. The lowest BCUT2D eigenvalue weighted by atomic mass is 9.99. The molecule has 3 rings (SSSR count). The minimum absolute atomic E-state index is 0.108. The zero-order valence-corrected chi connectivity index (χ0v) is 12.0. The first-order valence-corrected chi connectivity index (χ1v) is 6.94. The third-order valence-electron chi connectivity index (χ3n) is 3.37. The molecule has 110 valence electrons. The van der Waals surface area contributed by atoms with E-state index in [0.29, 0.717) is 5.56 Å². The standard InChI is InChI=1S/C18H10ClF3/c19-18-16(21)9-13(10-17(18)22)14-7-6-12(8-15(14)20)11-4-2-1-3-5-11/h1-10H. The van der Waals surface area contributed by atoms with Crippen LogP contribution in [0.5, 0.6) is 0 Å². The fraction of sp³-hybridized carbons (Fsp3) is 0. The highest BCUT2D eigenvalue weighted by atomic mass is 35.5. The zero-order valence-electron chi connectivity index (χ0n) is 11.3. The average molecular weight is 319 g/mol. The molecule has 0 aliphatic carbocycles. The van der Waals surface area contributed by atoms with Crippen LogP contribution in [0.4, 0.5) is 13.2 Å². The zero-order chi connectivity index (χ0) is 15.7. The van der Waals surface area contributed by atoms with Crippen molar-refractivity contribution in [2.24, 2.45) is 0 Å². The molecule has 0 unspecified atom stereocenters. The summed E-state index contributed by atoms with van der Waals surface area (Å²) in [4.78, 5) is 0. The summed E-state index contributed by atoms with van der Waals surface area (Å²) in [5.74, 6) is -2.38. The Bertz CT molecular complexity index is 806. The quantitative estimate of drug-likeness (QED) is 0.501. The highest BCUT2D eigenvalue weighted by Gasteiger charge is 2.13. The highest BCUT2D eigenvalue weighted by molar-refractivity contribution is 6.31. The Morgan fingerprint density at radius 2 is 1.18 bits per heavy atom. The largest absolute Gasteiger partial charge is 0.206 e. The Kier molecular flexibility index (Phi) is 3.90. The summed E-state index contributed by atoms with van der Waals surface area (Å²) in [6, 6.07) is 15.9. The Balaban J connectivity index is 2.07. The first-order valence-electron chi connectivity index (χ1n) is 6.56. The lowest BCUT2D eigenvalue weighted by Crippen LogP contribution is -1.91. The van der Waals surface area contributed by atoms with E-state index < -0.39 is 22.5 Å². The molecule has 0 saturated heterocycles. The molecule has 0 spiro atoms. The van der Waals surface area contributed by atoms with Crippen LogP contribution in [0.25, 0.3) is 22.3 Å². The summed E-state index contributed by atoms with van der Waals surface area (Å²) in [6.07, 6.45) is 0. The molecule has 0 radical (unpaired) electrons. The molecule has 0 aromatic heterocycles. The second kappa shape index (κ2) is 5.85. The van der Waals surface area contributed by atoms with Gasteiger partial charge in [0, 0.05) is 5.56 Å². The predicted molar refractivity (Wildman–Crippen MR) is 82.2 cm³/mol. The van der Waals surface area contributed by atoms with Crippen molar-refractivity contribution >= 4 is 11.6 Å². The summed E-state index contributed by atoms with van der Waals surface area (Å²) < 4.78 is 41.3. The first-order chi connectivity index (χ1) is 10.6. The average Bonchev–Trinajstić information content (AvgIpc) is 2.53. The molecule has 0 fully saturated rings. The van der Waals surface area contributed by atoms with Gasteiger partial charge in [0.15, 0.2) is 0 Å². The van der Waals surface area contributed by atoms with Crippen molar-refractivity contribution in [3.8, 4) is 22.3 Å². The molecular weight excluding hydrogens is 309 g/mol. The van der Waals surface area contributed by atoms with E-state index in [9.17, 15) is 13.2 Å². The molecular formula is C18H10ClF3. The van der Waals surface area contributed by atoms with Gasteiger partial charge < -0.3 is 0 Å². The first kappa shape index (κ1) is 14.7. The molecule has 0 amide bonds. The van der Waals surface area contributed by atoms with Gasteiger partial charge in [-0.1, -0.05) is 54.1 Å². The molecule has 0 bridgehead atoms. The van der Waals surface area contributed by atoms with Crippen LogP contribution < -0.4 is 0 Å². The Labute approximate surface area is 130 Å². The maximum Gasteiger partial charge on any atom is 0.145 e. The highest BCUT2D eigenvalue weighted by Crippen LogP contribution is 2.31.